The van der Waals surface area contributed by atoms with Crippen molar-refractivity contribution in [2.75, 3.05) is 32.1 Å². The summed E-state index contributed by atoms with van der Waals surface area (Å²) in [6, 6.07) is 1.54. The molecule has 1 aromatic heterocycles. The van der Waals surface area contributed by atoms with E-state index in [0.29, 0.717) is 6.54 Å². The van der Waals surface area contributed by atoms with E-state index in [0.717, 1.165) is 37.4 Å². The van der Waals surface area contributed by atoms with Crippen molar-refractivity contribution < 1.29 is 9.13 Å². The molecule has 0 radical (unpaired) electrons. The molecule has 1 aliphatic heterocycles. The largest absolute Gasteiger partial charge is 0.376 e. The lowest BCUT2D eigenvalue weighted by molar-refractivity contribution is 0.0215. The van der Waals surface area contributed by atoms with E-state index in [4.69, 9.17) is 4.74 Å². The van der Waals surface area contributed by atoms with E-state index in [9.17, 15) is 4.39 Å². The maximum absolute atomic E-state index is 13.3. The van der Waals surface area contributed by atoms with Crippen molar-refractivity contribution in [3.8, 4) is 0 Å². The molecule has 0 saturated carbocycles. The van der Waals surface area contributed by atoms with Crippen LogP contribution >= 0.6 is 0 Å². The van der Waals surface area contributed by atoms with E-state index >= 15 is 0 Å². The average molecular weight is 267 g/mol. The molecular weight excluding hydrogens is 245 g/mol. The lowest BCUT2D eigenvalue weighted by Crippen LogP contribution is -2.34. The van der Waals surface area contributed by atoms with Crippen LogP contribution < -0.4 is 10.2 Å². The van der Waals surface area contributed by atoms with Crippen LogP contribution in [0.25, 0.3) is 0 Å². The van der Waals surface area contributed by atoms with Gasteiger partial charge >= 0.3 is 0 Å². The van der Waals surface area contributed by atoms with Gasteiger partial charge in [-0.25, -0.2) is 9.37 Å². The van der Waals surface area contributed by atoms with E-state index in [1.54, 1.807) is 0 Å². The van der Waals surface area contributed by atoms with E-state index in [-0.39, 0.29) is 11.9 Å². The Kier molecular flexibility index (Phi) is 5.10. The number of halogens is 1. The second kappa shape index (κ2) is 6.82. The second-order valence-electron chi connectivity index (χ2n) is 5.04. The molecule has 0 bridgehead atoms. The van der Waals surface area contributed by atoms with Crippen LogP contribution in [0.4, 0.5) is 10.2 Å². The van der Waals surface area contributed by atoms with Crippen molar-refractivity contribution in [1.82, 2.24) is 10.3 Å². The van der Waals surface area contributed by atoms with Crippen LogP contribution in [0.3, 0.4) is 0 Å². The Bertz CT molecular complexity index is 408. The first-order valence-electron chi connectivity index (χ1n) is 6.82. The van der Waals surface area contributed by atoms with Gasteiger partial charge in [0.1, 0.15) is 11.6 Å². The first-order valence-corrected chi connectivity index (χ1v) is 6.82. The fourth-order valence-corrected chi connectivity index (χ4v) is 2.48. The molecule has 1 unspecified atom stereocenters. The molecule has 0 aliphatic carbocycles. The van der Waals surface area contributed by atoms with Crippen molar-refractivity contribution in [3.63, 3.8) is 0 Å². The highest BCUT2D eigenvalue weighted by atomic mass is 19.1. The van der Waals surface area contributed by atoms with Crippen molar-refractivity contribution in [3.05, 3.63) is 23.6 Å². The van der Waals surface area contributed by atoms with Gasteiger partial charge in [0.15, 0.2) is 0 Å². The lowest BCUT2D eigenvalue weighted by atomic mass is 10.1. The van der Waals surface area contributed by atoms with Gasteiger partial charge in [-0.3, -0.25) is 0 Å². The van der Waals surface area contributed by atoms with Crippen LogP contribution in [0.15, 0.2) is 12.3 Å². The quantitative estimate of drug-likeness (QED) is 0.885. The summed E-state index contributed by atoms with van der Waals surface area (Å²) in [5, 5.41) is 3.05. The van der Waals surface area contributed by atoms with E-state index in [2.05, 4.69) is 15.2 Å². The number of pyridine rings is 1. The molecule has 4 nitrogen and oxygen atoms in total. The van der Waals surface area contributed by atoms with Gasteiger partial charge in [-0.2, -0.15) is 0 Å². The maximum atomic E-state index is 13.3. The van der Waals surface area contributed by atoms with Crippen molar-refractivity contribution in [2.45, 2.75) is 31.9 Å². The first kappa shape index (κ1) is 14.2. The summed E-state index contributed by atoms with van der Waals surface area (Å²) in [6.45, 7) is 2.25. The van der Waals surface area contributed by atoms with Gasteiger partial charge in [-0.1, -0.05) is 0 Å². The smallest absolute Gasteiger partial charge is 0.141 e. The second-order valence-corrected chi connectivity index (χ2v) is 5.04. The van der Waals surface area contributed by atoms with Crippen molar-refractivity contribution >= 4 is 5.82 Å². The Labute approximate surface area is 114 Å². The van der Waals surface area contributed by atoms with Crippen molar-refractivity contribution in [2.24, 2.45) is 0 Å². The molecule has 1 saturated heterocycles. The minimum atomic E-state index is -0.295. The zero-order chi connectivity index (χ0) is 13.7. The van der Waals surface area contributed by atoms with Gasteiger partial charge < -0.3 is 15.0 Å². The highest BCUT2D eigenvalue weighted by molar-refractivity contribution is 5.46. The molecule has 0 aromatic carbocycles. The molecule has 2 rings (SSSR count). The Morgan fingerprint density at radius 3 is 3.05 bits per heavy atom. The zero-order valence-electron chi connectivity index (χ0n) is 11.7. The Morgan fingerprint density at radius 2 is 2.37 bits per heavy atom. The Balaban J connectivity index is 2.06. The summed E-state index contributed by atoms with van der Waals surface area (Å²) in [6.07, 6.45) is 4.99. The highest BCUT2D eigenvalue weighted by Crippen LogP contribution is 2.20. The summed E-state index contributed by atoms with van der Waals surface area (Å²) in [7, 11) is 3.83. The summed E-state index contributed by atoms with van der Waals surface area (Å²) in [5.74, 6) is 0.529. The number of hydrogen-bond donors (Lipinski definition) is 1. The van der Waals surface area contributed by atoms with Crippen LogP contribution in [0, 0.1) is 5.82 Å². The molecular formula is C14H22FN3O. The summed E-state index contributed by atoms with van der Waals surface area (Å²) in [5.41, 5.74) is 0.876. The molecule has 1 N–H and O–H groups in total. The number of aromatic nitrogens is 1. The molecule has 1 aromatic rings. The normalized spacial score (nSPS) is 19.4. The molecule has 1 atom stereocenters. The number of nitrogens with zero attached hydrogens (tertiary/aromatic N) is 2. The first-order chi connectivity index (χ1) is 9.20. The monoisotopic (exact) mass is 267 g/mol. The number of likely N-dealkylation sites (N-methyl/N-ethyl adjacent to an activating group) is 1. The van der Waals surface area contributed by atoms with Crippen LogP contribution in [0.1, 0.15) is 24.8 Å². The fourth-order valence-electron chi connectivity index (χ4n) is 2.48. The van der Waals surface area contributed by atoms with Gasteiger partial charge in [0.05, 0.1) is 12.3 Å². The predicted molar refractivity (Wildman–Crippen MR) is 73.8 cm³/mol. The van der Waals surface area contributed by atoms with Gasteiger partial charge in [0.2, 0.25) is 0 Å². The average Bonchev–Trinajstić information content (AvgIpc) is 2.40. The number of ether oxygens (including phenoxy) is 1. The third-order valence-corrected chi connectivity index (χ3v) is 3.39. The number of anilines is 1. The van der Waals surface area contributed by atoms with Crippen LogP contribution in [-0.2, 0) is 11.3 Å². The molecule has 1 aliphatic rings. The third-order valence-electron chi connectivity index (χ3n) is 3.39. The van der Waals surface area contributed by atoms with Gasteiger partial charge in [-0.05, 0) is 32.4 Å². The van der Waals surface area contributed by atoms with Gasteiger partial charge in [0, 0.05) is 32.3 Å². The molecule has 106 valence electrons. The SMILES string of the molecule is CNCc1cc(F)cnc1N(C)CC1CCCCO1. The zero-order valence-corrected chi connectivity index (χ0v) is 11.7. The fraction of sp³-hybridized carbons (Fsp3) is 0.643. The minimum Gasteiger partial charge on any atom is -0.376 e. The molecule has 2 heterocycles. The van der Waals surface area contributed by atoms with E-state index in [1.165, 1.54) is 18.7 Å². The molecule has 0 amide bonds. The summed E-state index contributed by atoms with van der Waals surface area (Å²) in [4.78, 5) is 6.28. The third kappa shape index (κ3) is 3.88. The molecule has 0 spiro atoms. The highest BCUT2D eigenvalue weighted by Gasteiger charge is 2.18. The molecule has 1 fully saturated rings. The maximum Gasteiger partial charge on any atom is 0.141 e. The molecule has 5 heteroatoms. The summed E-state index contributed by atoms with van der Waals surface area (Å²) >= 11 is 0. The van der Waals surface area contributed by atoms with E-state index < -0.39 is 0 Å². The van der Waals surface area contributed by atoms with Gasteiger partial charge in [-0.15, -0.1) is 0 Å². The van der Waals surface area contributed by atoms with Crippen molar-refractivity contribution in [1.29, 1.82) is 0 Å². The number of rotatable bonds is 5. The number of nitrogens with one attached hydrogen (secondary N) is 1. The number of hydrogen-bond acceptors (Lipinski definition) is 4. The standard InChI is InChI=1S/C14H22FN3O/c1-16-8-11-7-12(15)9-17-14(11)18(2)10-13-5-3-4-6-19-13/h7,9,13,16H,3-6,8,10H2,1-2H3. The minimum absolute atomic E-state index is 0.257. The Morgan fingerprint density at radius 1 is 1.53 bits per heavy atom. The predicted octanol–water partition coefficient (Wildman–Crippen LogP) is 1.95. The van der Waals surface area contributed by atoms with Crippen LogP contribution in [0.2, 0.25) is 0 Å². The molecule has 19 heavy (non-hydrogen) atoms. The Hall–Kier alpha value is -1.20. The summed E-state index contributed by atoms with van der Waals surface area (Å²) < 4.78 is 19.0. The van der Waals surface area contributed by atoms with Gasteiger partial charge in [0.25, 0.3) is 0 Å². The van der Waals surface area contributed by atoms with Crippen LogP contribution in [-0.4, -0.2) is 38.3 Å². The lowest BCUT2D eigenvalue weighted by Gasteiger charge is -2.29. The van der Waals surface area contributed by atoms with E-state index in [1.807, 2.05) is 14.1 Å². The topological polar surface area (TPSA) is 37.4 Å². The van der Waals surface area contributed by atoms with Crippen LogP contribution in [0.5, 0.6) is 0 Å².